The van der Waals surface area contributed by atoms with E-state index in [1.807, 2.05) is 0 Å². The highest BCUT2D eigenvalue weighted by atomic mass is 19.4. The van der Waals surface area contributed by atoms with Gasteiger partial charge in [-0.2, -0.15) is 13.2 Å². The molecule has 0 radical (unpaired) electrons. The van der Waals surface area contributed by atoms with Crippen molar-refractivity contribution in [3.05, 3.63) is 35.4 Å². The van der Waals surface area contributed by atoms with Crippen LogP contribution in [0.15, 0.2) is 18.2 Å². The second kappa shape index (κ2) is 5.65. The number of alkyl halides is 3. The van der Waals surface area contributed by atoms with Crippen molar-refractivity contribution in [2.24, 2.45) is 0 Å². The second-order valence-electron chi connectivity index (χ2n) is 4.24. The Morgan fingerprint density at radius 1 is 1.11 bits per heavy atom. The highest BCUT2D eigenvalue weighted by molar-refractivity contribution is 5.22. The molecule has 18 heavy (non-hydrogen) atoms. The van der Waals surface area contributed by atoms with Gasteiger partial charge >= 0.3 is 6.18 Å². The van der Waals surface area contributed by atoms with Gasteiger partial charge < -0.3 is 5.32 Å². The van der Waals surface area contributed by atoms with Gasteiger partial charge in [0.25, 0.3) is 0 Å². The van der Waals surface area contributed by atoms with Crippen molar-refractivity contribution in [2.75, 3.05) is 0 Å². The van der Waals surface area contributed by atoms with Crippen LogP contribution in [0.3, 0.4) is 0 Å². The van der Waals surface area contributed by atoms with Crippen molar-refractivity contribution < 1.29 is 22.0 Å². The van der Waals surface area contributed by atoms with Crippen molar-refractivity contribution >= 4 is 0 Å². The topological polar surface area (TPSA) is 12.0 Å². The maximum atomic E-state index is 13.4. The molecule has 0 fully saturated rings. The lowest BCUT2D eigenvalue weighted by Crippen LogP contribution is -2.33. The molecule has 0 aliphatic carbocycles. The predicted molar refractivity (Wildman–Crippen MR) is 58.0 cm³/mol. The molecule has 2 atom stereocenters. The third-order valence-corrected chi connectivity index (χ3v) is 2.50. The lowest BCUT2D eigenvalue weighted by Gasteiger charge is -2.22. The molecule has 0 bridgehead atoms. The standard InChI is InChI=1S/C12H14F5N/c1-7(6-12(15,16)17)18-8(2)11-9(13)4-3-5-10(11)14/h3-5,7-8,18H,6H2,1-2H3. The Bertz CT molecular complexity index is 382. The summed E-state index contributed by atoms with van der Waals surface area (Å²) in [6, 6.07) is 1.61. The molecule has 1 N–H and O–H groups in total. The minimum absolute atomic E-state index is 0.244. The van der Waals surface area contributed by atoms with Crippen molar-refractivity contribution in [2.45, 2.75) is 38.5 Å². The minimum Gasteiger partial charge on any atom is -0.307 e. The summed E-state index contributed by atoms with van der Waals surface area (Å²) in [6.45, 7) is 2.75. The van der Waals surface area contributed by atoms with Crippen LogP contribution in [-0.4, -0.2) is 12.2 Å². The van der Waals surface area contributed by atoms with Crippen molar-refractivity contribution in [3.63, 3.8) is 0 Å². The lowest BCUT2D eigenvalue weighted by molar-refractivity contribution is -0.139. The second-order valence-corrected chi connectivity index (χ2v) is 4.24. The molecular weight excluding hydrogens is 253 g/mol. The summed E-state index contributed by atoms with van der Waals surface area (Å²) in [5.41, 5.74) is -0.244. The zero-order valence-corrected chi connectivity index (χ0v) is 9.98. The van der Waals surface area contributed by atoms with Gasteiger partial charge in [-0.25, -0.2) is 8.78 Å². The van der Waals surface area contributed by atoms with E-state index in [2.05, 4.69) is 5.32 Å². The van der Waals surface area contributed by atoms with Gasteiger partial charge in [-0.3, -0.25) is 0 Å². The third kappa shape index (κ3) is 4.25. The number of nitrogens with one attached hydrogen (secondary N) is 1. The van der Waals surface area contributed by atoms with E-state index in [0.29, 0.717) is 0 Å². The van der Waals surface area contributed by atoms with E-state index in [9.17, 15) is 22.0 Å². The van der Waals surface area contributed by atoms with Gasteiger partial charge in [0.1, 0.15) is 11.6 Å². The van der Waals surface area contributed by atoms with Gasteiger partial charge in [0, 0.05) is 17.6 Å². The molecular formula is C12H14F5N. The largest absolute Gasteiger partial charge is 0.390 e. The maximum Gasteiger partial charge on any atom is 0.390 e. The van der Waals surface area contributed by atoms with Crippen LogP contribution in [0.25, 0.3) is 0 Å². The van der Waals surface area contributed by atoms with Gasteiger partial charge in [-0.1, -0.05) is 6.07 Å². The third-order valence-electron chi connectivity index (χ3n) is 2.50. The zero-order chi connectivity index (χ0) is 13.9. The molecule has 0 aliphatic rings. The lowest BCUT2D eigenvalue weighted by atomic mass is 10.1. The Morgan fingerprint density at radius 3 is 2.06 bits per heavy atom. The van der Waals surface area contributed by atoms with E-state index in [0.717, 1.165) is 12.1 Å². The van der Waals surface area contributed by atoms with Crippen LogP contribution in [0.5, 0.6) is 0 Å². The first kappa shape index (κ1) is 14.9. The molecule has 1 aromatic carbocycles. The molecule has 0 aliphatic heterocycles. The van der Waals surface area contributed by atoms with Crippen LogP contribution in [0.4, 0.5) is 22.0 Å². The van der Waals surface area contributed by atoms with E-state index in [1.54, 1.807) is 0 Å². The van der Waals surface area contributed by atoms with Crippen molar-refractivity contribution in [1.29, 1.82) is 0 Å². The van der Waals surface area contributed by atoms with E-state index >= 15 is 0 Å². The van der Waals surface area contributed by atoms with Crippen molar-refractivity contribution in [3.8, 4) is 0 Å². The van der Waals surface area contributed by atoms with E-state index in [4.69, 9.17) is 0 Å². The summed E-state index contributed by atoms with van der Waals surface area (Å²) < 4.78 is 63.2. The van der Waals surface area contributed by atoms with Gasteiger partial charge in [-0.15, -0.1) is 0 Å². The molecule has 0 saturated heterocycles. The smallest absolute Gasteiger partial charge is 0.307 e. The molecule has 2 unspecified atom stereocenters. The summed E-state index contributed by atoms with van der Waals surface area (Å²) in [4.78, 5) is 0. The number of benzene rings is 1. The number of rotatable bonds is 4. The SMILES string of the molecule is CC(CC(F)(F)F)NC(C)c1c(F)cccc1F. The number of hydrogen-bond donors (Lipinski definition) is 1. The normalized spacial score (nSPS) is 15.5. The van der Waals surface area contributed by atoms with Crippen LogP contribution < -0.4 is 5.32 Å². The van der Waals surface area contributed by atoms with Crippen LogP contribution in [-0.2, 0) is 0 Å². The van der Waals surface area contributed by atoms with E-state index in [1.165, 1.54) is 19.9 Å². The molecule has 0 heterocycles. The maximum absolute atomic E-state index is 13.4. The fourth-order valence-electron chi connectivity index (χ4n) is 1.84. The van der Waals surface area contributed by atoms with E-state index < -0.39 is 36.3 Å². The molecule has 0 amide bonds. The molecule has 6 heteroatoms. The van der Waals surface area contributed by atoms with Crippen molar-refractivity contribution in [1.82, 2.24) is 5.32 Å². The Labute approximate surface area is 102 Å². The molecule has 1 rings (SSSR count). The van der Waals surface area contributed by atoms with Gasteiger partial charge in [0.05, 0.1) is 6.42 Å². The fraction of sp³-hybridized carbons (Fsp3) is 0.500. The summed E-state index contributed by atoms with van der Waals surface area (Å²) in [5, 5.41) is 2.53. The zero-order valence-electron chi connectivity index (χ0n) is 9.98. The van der Waals surface area contributed by atoms with Crippen LogP contribution in [0.1, 0.15) is 31.9 Å². The highest BCUT2D eigenvalue weighted by Crippen LogP contribution is 2.25. The molecule has 1 aromatic rings. The Morgan fingerprint density at radius 2 is 1.61 bits per heavy atom. The molecule has 0 spiro atoms. The van der Waals surface area contributed by atoms with Crippen LogP contribution >= 0.6 is 0 Å². The monoisotopic (exact) mass is 267 g/mol. The van der Waals surface area contributed by atoms with Crippen LogP contribution in [0, 0.1) is 11.6 Å². The predicted octanol–water partition coefficient (Wildman–Crippen LogP) is 3.96. The van der Waals surface area contributed by atoms with Crippen LogP contribution in [0.2, 0.25) is 0 Å². The first-order chi connectivity index (χ1) is 8.20. The van der Waals surface area contributed by atoms with E-state index in [-0.39, 0.29) is 5.56 Å². The Kier molecular flexibility index (Phi) is 4.67. The van der Waals surface area contributed by atoms with Gasteiger partial charge in [-0.05, 0) is 26.0 Å². The Hall–Kier alpha value is -1.17. The Balaban J connectivity index is 2.74. The quantitative estimate of drug-likeness (QED) is 0.814. The number of hydrogen-bond acceptors (Lipinski definition) is 1. The summed E-state index contributed by atoms with van der Waals surface area (Å²) in [6.07, 6.45) is -5.35. The summed E-state index contributed by atoms with van der Waals surface area (Å²) in [5.74, 6) is -1.54. The molecule has 0 saturated carbocycles. The first-order valence-corrected chi connectivity index (χ1v) is 5.47. The average Bonchev–Trinajstić information content (AvgIpc) is 2.13. The molecule has 1 nitrogen and oxygen atoms in total. The van der Waals surface area contributed by atoms with Gasteiger partial charge in [0.15, 0.2) is 0 Å². The highest BCUT2D eigenvalue weighted by Gasteiger charge is 2.31. The first-order valence-electron chi connectivity index (χ1n) is 5.47. The minimum atomic E-state index is -4.31. The number of halogens is 5. The summed E-state index contributed by atoms with van der Waals surface area (Å²) >= 11 is 0. The summed E-state index contributed by atoms with van der Waals surface area (Å²) in [7, 11) is 0. The van der Waals surface area contributed by atoms with Gasteiger partial charge in [0.2, 0.25) is 0 Å². The average molecular weight is 267 g/mol. The fourth-order valence-corrected chi connectivity index (χ4v) is 1.84. The molecule has 102 valence electrons. The molecule has 0 aromatic heterocycles.